The maximum atomic E-state index is 12.2. The summed E-state index contributed by atoms with van der Waals surface area (Å²) in [5.41, 5.74) is 0. The number of hydrogen-bond acceptors (Lipinski definition) is 3. The number of nitrogens with one attached hydrogen (secondary N) is 1. The Hall–Kier alpha value is -0.130. The van der Waals surface area contributed by atoms with Gasteiger partial charge in [0.2, 0.25) is 10.0 Å². The minimum absolute atomic E-state index is 0.254. The second-order valence-electron chi connectivity index (χ2n) is 5.39. The zero-order valence-corrected chi connectivity index (χ0v) is 11.5. The molecule has 1 saturated heterocycles. The maximum absolute atomic E-state index is 12.2. The Morgan fingerprint density at radius 1 is 1.12 bits per heavy atom. The molecule has 2 fully saturated rings. The molecule has 0 bridgehead atoms. The van der Waals surface area contributed by atoms with E-state index in [1.54, 1.807) is 4.31 Å². The normalized spacial score (nSPS) is 32.9. The molecular formula is C12H24N2O2S. The van der Waals surface area contributed by atoms with Gasteiger partial charge in [-0.3, -0.25) is 0 Å². The highest BCUT2D eigenvalue weighted by atomic mass is 32.2. The lowest BCUT2D eigenvalue weighted by atomic mass is 10.1. The van der Waals surface area contributed by atoms with E-state index >= 15 is 0 Å². The minimum Gasteiger partial charge on any atom is -0.312 e. The van der Waals surface area contributed by atoms with Crippen molar-refractivity contribution in [2.45, 2.75) is 57.5 Å². The van der Waals surface area contributed by atoms with Crippen molar-refractivity contribution in [3.63, 3.8) is 0 Å². The van der Waals surface area contributed by atoms with Crippen LogP contribution in [0.25, 0.3) is 0 Å². The fourth-order valence-electron chi connectivity index (χ4n) is 2.92. The van der Waals surface area contributed by atoms with Gasteiger partial charge in [0, 0.05) is 25.2 Å². The van der Waals surface area contributed by atoms with Crippen LogP contribution in [0.3, 0.4) is 0 Å². The topological polar surface area (TPSA) is 49.4 Å². The van der Waals surface area contributed by atoms with E-state index in [4.69, 9.17) is 0 Å². The van der Waals surface area contributed by atoms with Gasteiger partial charge >= 0.3 is 0 Å². The van der Waals surface area contributed by atoms with Crippen molar-refractivity contribution in [2.75, 3.05) is 18.8 Å². The van der Waals surface area contributed by atoms with Gasteiger partial charge in [0.1, 0.15) is 0 Å². The Labute approximate surface area is 105 Å². The molecule has 0 spiro atoms. The Balaban J connectivity index is 2.13. The second-order valence-corrected chi connectivity index (χ2v) is 7.43. The van der Waals surface area contributed by atoms with E-state index in [9.17, 15) is 8.42 Å². The molecule has 4 nitrogen and oxygen atoms in total. The molecule has 5 heteroatoms. The van der Waals surface area contributed by atoms with E-state index in [-0.39, 0.29) is 17.8 Å². The lowest BCUT2D eigenvalue weighted by Gasteiger charge is -2.30. The molecule has 2 aliphatic rings. The van der Waals surface area contributed by atoms with Gasteiger partial charge in [-0.15, -0.1) is 0 Å². The summed E-state index contributed by atoms with van der Waals surface area (Å²) in [5.74, 6) is 0.258. The molecule has 17 heavy (non-hydrogen) atoms. The van der Waals surface area contributed by atoms with Crippen molar-refractivity contribution in [3.8, 4) is 0 Å². The Kier molecular flexibility index (Phi) is 4.44. The summed E-state index contributed by atoms with van der Waals surface area (Å²) in [7, 11) is -3.04. The third-order valence-electron chi connectivity index (χ3n) is 3.90. The first-order valence-electron chi connectivity index (χ1n) is 6.82. The second kappa shape index (κ2) is 5.67. The molecule has 0 amide bonds. The van der Waals surface area contributed by atoms with Gasteiger partial charge in [-0.1, -0.05) is 25.7 Å². The quantitative estimate of drug-likeness (QED) is 0.724. The summed E-state index contributed by atoms with van der Waals surface area (Å²) in [6, 6.07) is 0.528. The smallest absolute Gasteiger partial charge is 0.215 e. The third-order valence-corrected chi connectivity index (χ3v) is 5.78. The fourth-order valence-corrected chi connectivity index (χ4v) is 4.65. The monoisotopic (exact) mass is 260 g/mol. The van der Waals surface area contributed by atoms with Crippen molar-refractivity contribution in [2.24, 2.45) is 0 Å². The summed E-state index contributed by atoms with van der Waals surface area (Å²) < 4.78 is 26.3. The van der Waals surface area contributed by atoms with Gasteiger partial charge in [0.05, 0.1) is 5.75 Å². The zero-order chi connectivity index (χ0) is 12.3. The van der Waals surface area contributed by atoms with Crippen LogP contribution in [0.5, 0.6) is 0 Å². The first kappa shape index (κ1) is 13.3. The third kappa shape index (κ3) is 3.42. The largest absolute Gasteiger partial charge is 0.312 e. The first-order valence-corrected chi connectivity index (χ1v) is 8.43. The van der Waals surface area contributed by atoms with E-state index < -0.39 is 10.0 Å². The van der Waals surface area contributed by atoms with Crippen LogP contribution in [-0.4, -0.2) is 43.6 Å². The van der Waals surface area contributed by atoms with Crippen LogP contribution < -0.4 is 5.32 Å². The molecular weight excluding hydrogens is 236 g/mol. The highest BCUT2D eigenvalue weighted by molar-refractivity contribution is 7.89. The average Bonchev–Trinajstić information content (AvgIpc) is 2.58. The van der Waals surface area contributed by atoms with Gasteiger partial charge in [0.25, 0.3) is 0 Å². The summed E-state index contributed by atoms with van der Waals surface area (Å²) in [4.78, 5) is 0. The Morgan fingerprint density at radius 3 is 2.41 bits per heavy atom. The van der Waals surface area contributed by atoms with Crippen molar-refractivity contribution in [1.29, 1.82) is 0 Å². The van der Waals surface area contributed by atoms with Gasteiger partial charge < -0.3 is 5.32 Å². The van der Waals surface area contributed by atoms with Gasteiger partial charge in [-0.2, -0.15) is 4.31 Å². The van der Waals surface area contributed by atoms with Gasteiger partial charge in [-0.05, 0) is 19.8 Å². The number of hydrogen-bond donors (Lipinski definition) is 1. The fraction of sp³-hybridized carbons (Fsp3) is 1.00. The Bertz CT molecular complexity index is 334. The molecule has 100 valence electrons. The average molecular weight is 260 g/mol. The number of sulfonamides is 1. The zero-order valence-electron chi connectivity index (χ0n) is 10.7. The van der Waals surface area contributed by atoms with E-state index in [0.717, 1.165) is 12.8 Å². The molecule has 1 aliphatic carbocycles. The standard InChI is InChI=1S/C12H24N2O2S/c1-11-10-14(17(15,16)9-8-13-11)12-6-4-2-3-5-7-12/h11-13H,2-10H2,1H3. The minimum atomic E-state index is -3.04. The first-order chi connectivity index (χ1) is 8.09. The van der Waals surface area contributed by atoms with E-state index in [2.05, 4.69) is 12.2 Å². The SMILES string of the molecule is CC1CN(C2CCCCCC2)S(=O)(=O)CCN1. The lowest BCUT2D eigenvalue weighted by Crippen LogP contribution is -2.44. The molecule has 2 rings (SSSR count). The summed E-state index contributed by atoms with van der Waals surface area (Å²) in [5, 5.41) is 3.26. The van der Waals surface area contributed by atoms with Crippen molar-refractivity contribution < 1.29 is 8.42 Å². The van der Waals surface area contributed by atoms with Crippen LogP contribution >= 0.6 is 0 Å². The molecule has 0 aromatic rings. The molecule has 1 N–H and O–H groups in total. The molecule has 1 saturated carbocycles. The number of rotatable bonds is 1. The van der Waals surface area contributed by atoms with E-state index in [1.807, 2.05) is 0 Å². The predicted octanol–water partition coefficient (Wildman–Crippen LogP) is 1.33. The van der Waals surface area contributed by atoms with E-state index in [0.29, 0.717) is 13.1 Å². The highest BCUT2D eigenvalue weighted by Crippen LogP contribution is 2.25. The summed E-state index contributed by atoms with van der Waals surface area (Å²) >= 11 is 0. The van der Waals surface area contributed by atoms with Crippen LogP contribution in [0.2, 0.25) is 0 Å². The molecule has 1 aliphatic heterocycles. The van der Waals surface area contributed by atoms with Crippen LogP contribution in [0, 0.1) is 0 Å². The van der Waals surface area contributed by atoms with Gasteiger partial charge in [0.15, 0.2) is 0 Å². The predicted molar refractivity (Wildman–Crippen MR) is 69.4 cm³/mol. The van der Waals surface area contributed by atoms with E-state index in [1.165, 1.54) is 25.7 Å². The molecule has 1 atom stereocenters. The maximum Gasteiger partial charge on any atom is 0.215 e. The Morgan fingerprint density at radius 2 is 1.76 bits per heavy atom. The summed E-state index contributed by atoms with van der Waals surface area (Å²) in [6.07, 6.45) is 6.98. The molecule has 0 aromatic heterocycles. The highest BCUT2D eigenvalue weighted by Gasteiger charge is 2.33. The molecule has 1 unspecified atom stereocenters. The van der Waals surface area contributed by atoms with Crippen LogP contribution in [0.15, 0.2) is 0 Å². The van der Waals surface area contributed by atoms with Crippen LogP contribution in [-0.2, 0) is 10.0 Å². The van der Waals surface area contributed by atoms with Crippen molar-refractivity contribution in [3.05, 3.63) is 0 Å². The molecule has 1 heterocycles. The van der Waals surface area contributed by atoms with Crippen LogP contribution in [0.1, 0.15) is 45.4 Å². The van der Waals surface area contributed by atoms with Crippen LogP contribution in [0.4, 0.5) is 0 Å². The number of nitrogens with zero attached hydrogens (tertiary/aromatic N) is 1. The lowest BCUT2D eigenvalue weighted by molar-refractivity contribution is 0.279. The molecule has 0 radical (unpaired) electrons. The molecule has 0 aromatic carbocycles. The van der Waals surface area contributed by atoms with Crippen molar-refractivity contribution >= 4 is 10.0 Å². The van der Waals surface area contributed by atoms with Gasteiger partial charge in [-0.25, -0.2) is 8.42 Å². The summed E-state index contributed by atoms with van der Waals surface area (Å²) in [6.45, 7) is 3.31. The van der Waals surface area contributed by atoms with Crippen molar-refractivity contribution in [1.82, 2.24) is 9.62 Å².